The fourth-order valence-corrected chi connectivity index (χ4v) is 2.91. The molecule has 1 fully saturated rings. The van der Waals surface area contributed by atoms with Crippen molar-refractivity contribution in [1.82, 2.24) is 0 Å². The SMILES string of the molecule is CCC(CO)(CO)CO.Cc1cccc(C2CC(=O)CC(=O)C2)c1C. The Morgan fingerprint density at radius 1 is 1.00 bits per heavy atom. The first-order chi connectivity index (χ1) is 11.8. The Morgan fingerprint density at radius 3 is 1.92 bits per heavy atom. The molecule has 0 atom stereocenters. The molecule has 1 aliphatic carbocycles. The van der Waals surface area contributed by atoms with Crippen molar-refractivity contribution < 1.29 is 24.9 Å². The molecule has 0 heterocycles. The molecule has 0 aliphatic heterocycles. The number of aliphatic hydroxyl groups is 3. The van der Waals surface area contributed by atoms with Crippen molar-refractivity contribution in [3.05, 3.63) is 34.9 Å². The second-order valence-electron chi connectivity index (χ2n) is 6.98. The van der Waals surface area contributed by atoms with Crippen LogP contribution >= 0.6 is 0 Å². The monoisotopic (exact) mass is 350 g/mol. The minimum Gasteiger partial charge on any atom is -0.396 e. The summed E-state index contributed by atoms with van der Waals surface area (Å²) in [7, 11) is 0. The van der Waals surface area contributed by atoms with E-state index in [1.54, 1.807) is 0 Å². The molecule has 3 N–H and O–H groups in total. The Kier molecular flexibility index (Phi) is 8.42. The Hall–Kier alpha value is -1.56. The molecule has 0 unspecified atom stereocenters. The topological polar surface area (TPSA) is 94.8 Å². The fraction of sp³-hybridized carbons (Fsp3) is 0.600. The molecule has 140 valence electrons. The summed E-state index contributed by atoms with van der Waals surface area (Å²) in [5.41, 5.74) is 2.94. The minimum absolute atomic E-state index is 0.0853. The third-order valence-electron chi connectivity index (χ3n) is 5.19. The van der Waals surface area contributed by atoms with Gasteiger partial charge in [-0.2, -0.15) is 0 Å². The number of benzene rings is 1. The van der Waals surface area contributed by atoms with Crippen molar-refractivity contribution in [3.63, 3.8) is 0 Å². The zero-order valence-corrected chi connectivity index (χ0v) is 15.4. The van der Waals surface area contributed by atoms with Gasteiger partial charge in [-0.15, -0.1) is 0 Å². The number of ketones is 2. The smallest absolute Gasteiger partial charge is 0.140 e. The predicted molar refractivity (Wildman–Crippen MR) is 96.5 cm³/mol. The largest absolute Gasteiger partial charge is 0.396 e. The molecule has 0 saturated heterocycles. The highest BCUT2D eigenvalue weighted by Crippen LogP contribution is 2.32. The van der Waals surface area contributed by atoms with Crippen LogP contribution in [0.2, 0.25) is 0 Å². The number of hydrogen-bond acceptors (Lipinski definition) is 5. The standard InChI is InChI=1S/C14H16O2.C6H14O3/c1-9-4-3-5-14(10(9)2)11-6-12(15)8-13(16)7-11;1-2-6(3-7,4-8)5-9/h3-5,11H,6-8H2,1-2H3;7-9H,2-5H2,1H3. The Morgan fingerprint density at radius 2 is 1.52 bits per heavy atom. The fourth-order valence-electron chi connectivity index (χ4n) is 2.91. The van der Waals surface area contributed by atoms with Gasteiger partial charge in [0.05, 0.1) is 26.2 Å². The molecule has 5 heteroatoms. The molecule has 0 radical (unpaired) electrons. The van der Waals surface area contributed by atoms with Crippen LogP contribution in [0, 0.1) is 19.3 Å². The molecule has 1 aliphatic rings. The number of carbonyl (C=O) groups is 2. The molecular weight excluding hydrogens is 320 g/mol. The van der Waals surface area contributed by atoms with Gasteiger partial charge < -0.3 is 15.3 Å². The molecule has 0 aromatic heterocycles. The molecule has 0 bridgehead atoms. The molecule has 2 rings (SSSR count). The van der Waals surface area contributed by atoms with Crippen LogP contribution in [0.4, 0.5) is 0 Å². The van der Waals surface area contributed by atoms with Crippen LogP contribution in [-0.2, 0) is 9.59 Å². The van der Waals surface area contributed by atoms with E-state index >= 15 is 0 Å². The van der Waals surface area contributed by atoms with E-state index in [0.717, 1.165) is 0 Å². The third-order valence-corrected chi connectivity index (χ3v) is 5.19. The van der Waals surface area contributed by atoms with Crippen LogP contribution in [0.25, 0.3) is 0 Å². The van der Waals surface area contributed by atoms with E-state index in [2.05, 4.69) is 19.9 Å². The van der Waals surface area contributed by atoms with Gasteiger partial charge in [0.25, 0.3) is 0 Å². The lowest BCUT2D eigenvalue weighted by molar-refractivity contribution is -0.130. The lowest BCUT2D eigenvalue weighted by atomic mass is 9.80. The second-order valence-corrected chi connectivity index (χ2v) is 6.98. The highest BCUT2D eigenvalue weighted by atomic mass is 16.3. The van der Waals surface area contributed by atoms with E-state index in [4.69, 9.17) is 15.3 Å². The molecule has 5 nitrogen and oxygen atoms in total. The van der Waals surface area contributed by atoms with Crippen molar-refractivity contribution in [2.75, 3.05) is 19.8 Å². The lowest BCUT2D eigenvalue weighted by Crippen LogP contribution is -2.32. The first-order valence-electron chi connectivity index (χ1n) is 8.74. The van der Waals surface area contributed by atoms with Gasteiger partial charge in [-0.3, -0.25) is 9.59 Å². The van der Waals surface area contributed by atoms with Crippen LogP contribution in [0.15, 0.2) is 18.2 Å². The van der Waals surface area contributed by atoms with Crippen molar-refractivity contribution in [1.29, 1.82) is 0 Å². The van der Waals surface area contributed by atoms with Gasteiger partial charge in [0, 0.05) is 18.3 Å². The van der Waals surface area contributed by atoms with E-state index < -0.39 is 5.41 Å². The van der Waals surface area contributed by atoms with E-state index in [-0.39, 0.29) is 43.7 Å². The highest BCUT2D eigenvalue weighted by molar-refractivity contribution is 6.02. The summed E-state index contributed by atoms with van der Waals surface area (Å²) in [6, 6.07) is 6.10. The second kappa shape index (κ2) is 9.80. The average molecular weight is 350 g/mol. The van der Waals surface area contributed by atoms with Crippen LogP contribution in [0.3, 0.4) is 0 Å². The normalized spacial score (nSPS) is 15.8. The Labute approximate surface area is 149 Å². The molecule has 1 aromatic rings. The molecule has 0 spiro atoms. The Balaban J connectivity index is 0.000000299. The van der Waals surface area contributed by atoms with Gasteiger partial charge >= 0.3 is 0 Å². The predicted octanol–water partition coefficient (Wildman–Crippen LogP) is 2.07. The number of hydrogen-bond donors (Lipinski definition) is 3. The van der Waals surface area contributed by atoms with Crippen molar-refractivity contribution in [3.8, 4) is 0 Å². The highest BCUT2D eigenvalue weighted by Gasteiger charge is 2.27. The molecular formula is C20H30O5. The van der Waals surface area contributed by atoms with Crippen LogP contribution < -0.4 is 0 Å². The van der Waals surface area contributed by atoms with Gasteiger partial charge in [0.1, 0.15) is 11.6 Å². The van der Waals surface area contributed by atoms with Gasteiger partial charge in [-0.25, -0.2) is 0 Å². The van der Waals surface area contributed by atoms with E-state index in [0.29, 0.717) is 19.3 Å². The summed E-state index contributed by atoms with van der Waals surface area (Å²) in [5, 5.41) is 26.0. The van der Waals surface area contributed by atoms with Crippen molar-refractivity contribution in [2.45, 2.75) is 52.4 Å². The molecule has 1 aromatic carbocycles. The summed E-state index contributed by atoms with van der Waals surface area (Å²) < 4.78 is 0. The summed E-state index contributed by atoms with van der Waals surface area (Å²) in [6.45, 7) is 5.48. The van der Waals surface area contributed by atoms with Crippen molar-refractivity contribution >= 4 is 11.6 Å². The first kappa shape index (κ1) is 21.5. The number of aryl methyl sites for hydroxylation is 1. The van der Waals surface area contributed by atoms with E-state index in [1.165, 1.54) is 16.7 Å². The zero-order valence-electron chi connectivity index (χ0n) is 15.4. The maximum atomic E-state index is 11.4. The van der Waals surface area contributed by atoms with Gasteiger partial charge in [0.15, 0.2) is 0 Å². The maximum absolute atomic E-state index is 11.4. The van der Waals surface area contributed by atoms with Crippen LogP contribution in [0.5, 0.6) is 0 Å². The molecule has 0 amide bonds. The minimum atomic E-state index is -0.667. The zero-order chi connectivity index (χ0) is 19.0. The summed E-state index contributed by atoms with van der Waals surface area (Å²) in [6.07, 6.45) is 1.78. The third kappa shape index (κ3) is 5.73. The van der Waals surface area contributed by atoms with Crippen LogP contribution in [-0.4, -0.2) is 46.7 Å². The Bertz CT molecular complexity index is 556. The molecule has 1 saturated carbocycles. The quantitative estimate of drug-likeness (QED) is 0.707. The number of carbonyl (C=O) groups excluding carboxylic acids is 2. The summed E-state index contributed by atoms with van der Waals surface area (Å²) >= 11 is 0. The van der Waals surface area contributed by atoms with E-state index in [9.17, 15) is 9.59 Å². The average Bonchev–Trinajstić information content (AvgIpc) is 2.60. The van der Waals surface area contributed by atoms with Gasteiger partial charge in [0.2, 0.25) is 0 Å². The number of rotatable bonds is 5. The van der Waals surface area contributed by atoms with Gasteiger partial charge in [-0.1, -0.05) is 25.1 Å². The summed E-state index contributed by atoms with van der Waals surface area (Å²) in [4.78, 5) is 22.9. The van der Waals surface area contributed by atoms with E-state index in [1.807, 2.05) is 19.1 Å². The molecule has 25 heavy (non-hydrogen) atoms. The maximum Gasteiger partial charge on any atom is 0.140 e. The summed E-state index contributed by atoms with van der Waals surface area (Å²) in [5.74, 6) is 0.276. The van der Waals surface area contributed by atoms with Gasteiger partial charge in [-0.05, 0) is 42.9 Å². The first-order valence-corrected chi connectivity index (χ1v) is 8.74. The van der Waals surface area contributed by atoms with Crippen molar-refractivity contribution in [2.24, 2.45) is 5.41 Å². The number of aliphatic hydroxyl groups excluding tert-OH is 3. The number of Topliss-reactive ketones (excluding diaryl/α,β-unsaturated/α-hetero) is 2. The lowest BCUT2D eigenvalue weighted by Gasteiger charge is -2.24. The van der Waals surface area contributed by atoms with Crippen LogP contribution in [0.1, 0.15) is 55.2 Å².